The van der Waals surface area contributed by atoms with Gasteiger partial charge in [0.15, 0.2) is 5.69 Å². The van der Waals surface area contributed by atoms with E-state index >= 15 is 0 Å². The van der Waals surface area contributed by atoms with Crippen LogP contribution in [0.5, 0.6) is 5.75 Å². The highest BCUT2D eigenvalue weighted by molar-refractivity contribution is 5.87. The minimum atomic E-state index is -1.03. The highest BCUT2D eigenvalue weighted by Gasteiger charge is 2.19. The van der Waals surface area contributed by atoms with Crippen LogP contribution >= 0.6 is 0 Å². The topological polar surface area (TPSA) is 67.6 Å². The summed E-state index contributed by atoms with van der Waals surface area (Å²) in [5, 5.41) is 13.1. The van der Waals surface area contributed by atoms with Crippen molar-refractivity contribution in [3.05, 3.63) is 30.0 Å². The first-order valence-corrected chi connectivity index (χ1v) is 7.31. The molecule has 0 saturated carbocycles. The molecule has 2 heterocycles. The third-order valence-electron chi connectivity index (χ3n) is 4.03. The first kappa shape index (κ1) is 14.4. The van der Waals surface area contributed by atoms with Gasteiger partial charge in [0.05, 0.1) is 12.8 Å². The van der Waals surface area contributed by atoms with Crippen molar-refractivity contribution in [2.24, 2.45) is 7.05 Å². The van der Waals surface area contributed by atoms with Crippen molar-refractivity contribution in [2.75, 3.05) is 25.1 Å². The third-order valence-corrected chi connectivity index (χ3v) is 4.03. The minimum Gasteiger partial charge on any atom is -0.496 e. The van der Waals surface area contributed by atoms with Crippen LogP contribution < -0.4 is 9.64 Å². The lowest BCUT2D eigenvalue weighted by atomic mass is 10.1. The second-order valence-corrected chi connectivity index (χ2v) is 5.42. The van der Waals surface area contributed by atoms with Crippen LogP contribution in [0.25, 0.3) is 11.3 Å². The average molecular weight is 301 g/mol. The predicted molar refractivity (Wildman–Crippen MR) is 83.6 cm³/mol. The summed E-state index contributed by atoms with van der Waals surface area (Å²) in [6, 6.07) is 7.60. The monoisotopic (exact) mass is 301 g/mol. The second kappa shape index (κ2) is 5.71. The molecule has 1 aliphatic heterocycles. The van der Waals surface area contributed by atoms with Crippen molar-refractivity contribution >= 4 is 11.7 Å². The summed E-state index contributed by atoms with van der Waals surface area (Å²) in [6.07, 6.45) is 2.41. The van der Waals surface area contributed by atoms with Crippen molar-refractivity contribution in [2.45, 2.75) is 12.8 Å². The van der Waals surface area contributed by atoms with Gasteiger partial charge in [-0.15, -0.1) is 0 Å². The van der Waals surface area contributed by atoms with Crippen molar-refractivity contribution in [3.63, 3.8) is 0 Å². The molecule has 6 nitrogen and oxygen atoms in total. The molecule has 0 unspecified atom stereocenters. The first-order valence-electron chi connectivity index (χ1n) is 7.31. The van der Waals surface area contributed by atoms with E-state index in [9.17, 15) is 4.79 Å². The summed E-state index contributed by atoms with van der Waals surface area (Å²) >= 11 is 0. The molecule has 116 valence electrons. The van der Waals surface area contributed by atoms with Crippen LogP contribution in [-0.4, -0.2) is 41.1 Å². The number of hydrogen-bond donors (Lipinski definition) is 1. The van der Waals surface area contributed by atoms with Crippen LogP contribution in [-0.2, 0) is 7.05 Å². The second-order valence-electron chi connectivity index (χ2n) is 5.42. The molecule has 0 amide bonds. The lowest BCUT2D eigenvalue weighted by Gasteiger charge is -2.19. The molecule has 2 aromatic rings. The molecule has 1 aromatic heterocycles. The van der Waals surface area contributed by atoms with Crippen LogP contribution in [0.15, 0.2) is 24.3 Å². The average Bonchev–Trinajstić information content (AvgIpc) is 3.16. The Bertz CT molecular complexity index is 703. The number of methoxy groups -OCH3 is 1. The van der Waals surface area contributed by atoms with Gasteiger partial charge in [-0.2, -0.15) is 5.10 Å². The Morgan fingerprint density at radius 1 is 1.27 bits per heavy atom. The normalized spacial score (nSPS) is 14.4. The van der Waals surface area contributed by atoms with Crippen LogP contribution in [0.3, 0.4) is 0 Å². The van der Waals surface area contributed by atoms with Crippen molar-refractivity contribution in [3.8, 4) is 17.0 Å². The molecule has 1 N–H and O–H groups in total. The molecule has 0 aliphatic carbocycles. The standard InChI is InChI=1S/C16H19N3O3/c1-18-14(10-13(17-18)16(20)21)12-9-11(5-6-15(12)22-2)19-7-3-4-8-19/h5-6,9-10H,3-4,7-8H2,1-2H3,(H,20,21). The van der Waals surface area contributed by atoms with Gasteiger partial charge in [0.1, 0.15) is 5.75 Å². The van der Waals surface area contributed by atoms with E-state index in [1.165, 1.54) is 12.8 Å². The summed E-state index contributed by atoms with van der Waals surface area (Å²) in [7, 11) is 3.35. The van der Waals surface area contributed by atoms with Gasteiger partial charge >= 0.3 is 5.97 Å². The number of aromatic carboxylic acids is 1. The fraction of sp³-hybridized carbons (Fsp3) is 0.375. The van der Waals surface area contributed by atoms with Crippen molar-refractivity contribution in [1.82, 2.24) is 9.78 Å². The van der Waals surface area contributed by atoms with Gasteiger partial charge in [-0.05, 0) is 37.1 Å². The fourth-order valence-electron chi connectivity index (χ4n) is 2.89. The molecule has 1 aromatic carbocycles. The smallest absolute Gasteiger partial charge is 0.356 e. The van der Waals surface area contributed by atoms with Crippen molar-refractivity contribution < 1.29 is 14.6 Å². The zero-order chi connectivity index (χ0) is 15.7. The highest BCUT2D eigenvalue weighted by Crippen LogP contribution is 2.34. The summed E-state index contributed by atoms with van der Waals surface area (Å²) in [5.41, 5.74) is 2.75. The third kappa shape index (κ3) is 2.52. The summed E-state index contributed by atoms with van der Waals surface area (Å²) in [4.78, 5) is 13.4. The predicted octanol–water partition coefficient (Wildman–Crippen LogP) is 2.39. The fourth-order valence-corrected chi connectivity index (χ4v) is 2.89. The Morgan fingerprint density at radius 3 is 2.59 bits per heavy atom. The minimum absolute atomic E-state index is 0.0335. The first-order chi connectivity index (χ1) is 10.6. The molecular weight excluding hydrogens is 282 g/mol. The zero-order valence-electron chi connectivity index (χ0n) is 12.7. The van der Waals surface area contributed by atoms with E-state index in [4.69, 9.17) is 9.84 Å². The van der Waals surface area contributed by atoms with Gasteiger partial charge in [-0.25, -0.2) is 4.79 Å². The molecule has 0 bridgehead atoms. The van der Waals surface area contributed by atoms with E-state index in [0.29, 0.717) is 5.75 Å². The number of hydrogen-bond acceptors (Lipinski definition) is 4. The Kier molecular flexibility index (Phi) is 3.75. The largest absolute Gasteiger partial charge is 0.496 e. The zero-order valence-corrected chi connectivity index (χ0v) is 12.7. The Balaban J connectivity index is 2.07. The Labute approximate surface area is 128 Å². The summed E-state index contributed by atoms with van der Waals surface area (Å²) in [5.74, 6) is -0.320. The highest BCUT2D eigenvalue weighted by atomic mass is 16.5. The van der Waals surface area contributed by atoms with E-state index in [0.717, 1.165) is 30.0 Å². The number of rotatable bonds is 4. The maximum Gasteiger partial charge on any atom is 0.356 e. The van der Waals surface area contributed by atoms with Crippen molar-refractivity contribution in [1.29, 1.82) is 0 Å². The summed E-state index contributed by atoms with van der Waals surface area (Å²) < 4.78 is 7.01. The molecule has 0 radical (unpaired) electrons. The van der Waals surface area contributed by atoms with Crippen LogP contribution in [0.1, 0.15) is 23.3 Å². The number of carboxylic acid groups (broad SMARTS) is 1. The maximum atomic E-state index is 11.1. The number of nitrogens with zero attached hydrogens (tertiary/aromatic N) is 3. The van der Waals surface area contributed by atoms with Gasteiger partial charge in [0.2, 0.25) is 0 Å². The van der Waals surface area contributed by atoms with Gasteiger partial charge in [0.25, 0.3) is 0 Å². The molecule has 1 aliphatic rings. The molecule has 6 heteroatoms. The van der Waals surface area contributed by atoms with E-state index in [-0.39, 0.29) is 5.69 Å². The lowest BCUT2D eigenvalue weighted by Crippen LogP contribution is -2.17. The van der Waals surface area contributed by atoms with Crippen LogP contribution in [0, 0.1) is 0 Å². The number of anilines is 1. The number of aryl methyl sites for hydroxylation is 1. The number of ether oxygens (including phenoxy) is 1. The molecule has 1 fully saturated rings. The van der Waals surface area contributed by atoms with E-state index in [1.54, 1.807) is 24.9 Å². The molecular formula is C16H19N3O3. The number of benzene rings is 1. The maximum absolute atomic E-state index is 11.1. The lowest BCUT2D eigenvalue weighted by molar-refractivity contribution is 0.0689. The van der Waals surface area contributed by atoms with E-state index < -0.39 is 5.97 Å². The van der Waals surface area contributed by atoms with Crippen LogP contribution in [0.4, 0.5) is 5.69 Å². The number of aromatic nitrogens is 2. The van der Waals surface area contributed by atoms with Crippen LogP contribution in [0.2, 0.25) is 0 Å². The quantitative estimate of drug-likeness (QED) is 0.939. The van der Waals surface area contributed by atoms with Gasteiger partial charge in [-0.3, -0.25) is 4.68 Å². The van der Waals surface area contributed by atoms with E-state index in [2.05, 4.69) is 10.00 Å². The number of carbonyl (C=O) groups is 1. The number of carboxylic acids is 1. The molecule has 22 heavy (non-hydrogen) atoms. The van der Waals surface area contributed by atoms with Gasteiger partial charge in [-0.1, -0.05) is 0 Å². The summed E-state index contributed by atoms with van der Waals surface area (Å²) in [6.45, 7) is 2.11. The van der Waals surface area contributed by atoms with Gasteiger partial charge in [0, 0.05) is 31.4 Å². The molecule has 0 spiro atoms. The molecule has 3 rings (SSSR count). The van der Waals surface area contributed by atoms with Gasteiger partial charge < -0.3 is 14.7 Å². The Hall–Kier alpha value is -2.50. The van der Waals surface area contributed by atoms with E-state index in [1.807, 2.05) is 18.2 Å². The molecule has 1 saturated heterocycles. The molecule has 0 atom stereocenters. The Morgan fingerprint density at radius 2 is 2.00 bits per heavy atom. The SMILES string of the molecule is COc1ccc(N2CCCC2)cc1-c1cc(C(=O)O)nn1C.